The Bertz CT molecular complexity index is 640. The van der Waals surface area contributed by atoms with E-state index in [1.54, 1.807) is 0 Å². The molecule has 1 atom stereocenters. The van der Waals surface area contributed by atoms with E-state index in [2.05, 4.69) is 4.72 Å². The molecule has 0 aliphatic rings. The second kappa shape index (κ2) is 5.97. The smallest absolute Gasteiger partial charge is 0.307 e. The largest absolute Gasteiger partial charge is 0.481 e. The Morgan fingerprint density at radius 2 is 2.10 bits per heavy atom. The third kappa shape index (κ3) is 3.75. The first-order valence-corrected chi connectivity index (χ1v) is 7.11. The zero-order chi connectivity index (χ0) is 15.5. The zero-order valence-electron chi connectivity index (χ0n) is 10.9. The molecule has 1 aromatic carbocycles. The highest BCUT2D eigenvalue weighted by Crippen LogP contribution is 2.21. The lowest BCUT2D eigenvalue weighted by atomic mass is 10.2. The molecule has 0 fully saturated rings. The first kappa shape index (κ1) is 16.1. The van der Waals surface area contributed by atoms with Crippen molar-refractivity contribution in [2.75, 3.05) is 6.54 Å². The molecule has 0 bridgehead atoms. The minimum atomic E-state index is -3.99. The second-order valence-electron chi connectivity index (χ2n) is 4.30. The van der Waals surface area contributed by atoms with E-state index in [0.717, 1.165) is 6.07 Å². The Balaban J connectivity index is 3.06. The van der Waals surface area contributed by atoms with Crippen LogP contribution in [0.15, 0.2) is 23.1 Å². The summed E-state index contributed by atoms with van der Waals surface area (Å²) in [5.74, 6) is -2.03. The van der Waals surface area contributed by atoms with Gasteiger partial charge in [-0.1, -0.05) is 13.0 Å². The molecule has 0 spiro atoms. The van der Waals surface area contributed by atoms with E-state index in [-0.39, 0.29) is 17.1 Å². The van der Waals surface area contributed by atoms with E-state index in [4.69, 9.17) is 5.11 Å². The second-order valence-corrected chi connectivity index (χ2v) is 6.03. The number of aliphatic carboxylic acids is 1. The predicted molar refractivity (Wildman–Crippen MR) is 69.8 cm³/mol. The molecule has 20 heavy (non-hydrogen) atoms. The molecule has 0 heterocycles. The Morgan fingerprint density at radius 3 is 2.60 bits per heavy atom. The third-order valence-electron chi connectivity index (χ3n) is 2.67. The average Bonchev–Trinajstić information content (AvgIpc) is 2.35. The number of nitrogens with zero attached hydrogens (tertiary/aromatic N) is 1. The van der Waals surface area contributed by atoms with Gasteiger partial charge in [0.05, 0.1) is 15.7 Å². The number of hydrogen-bond donors (Lipinski definition) is 2. The van der Waals surface area contributed by atoms with Crippen molar-refractivity contribution >= 4 is 21.7 Å². The maximum absolute atomic E-state index is 12.0. The van der Waals surface area contributed by atoms with E-state index >= 15 is 0 Å². The van der Waals surface area contributed by atoms with Gasteiger partial charge in [-0.05, 0) is 12.5 Å². The van der Waals surface area contributed by atoms with E-state index in [1.807, 2.05) is 0 Å². The van der Waals surface area contributed by atoms with Gasteiger partial charge in [0.25, 0.3) is 5.69 Å². The van der Waals surface area contributed by atoms with Gasteiger partial charge in [-0.3, -0.25) is 14.9 Å². The molecule has 1 unspecified atom stereocenters. The SMILES string of the molecule is Cc1ccc([N+](=O)[O-])cc1S(=O)(=O)NCC(C)C(=O)O. The van der Waals surface area contributed by atoms with Gasteiger partial charge in [0.2, 0.25) is 10.0 Å². The molecular weight excluding hydrogens is 288 g/mol. The topological polar surface area (TPSA) is 127 Å². The molecule has 1 rings (SSSR count). The van der Waals surface area contributed by atoms with Crippen LogP contribution in [0.25, 0.3) is 0 Å². The molecule has 110 valence electrons. The molecule has 0 saturated carbocycles. The summed E-state index contributed by atoms with van der Waals surface area (Å²) in [4.78, 5) is 20.4. The average molecular weight is 302 g/mol. The fourth-order valence-electron chi connectivity index (χ4n) is 1.39. The molecular formula is C11H14N2O6S. The van der Waals surface area contributed by atoms with Gasteiger partial charge in [0.15, 0.2) is 0 Å². The molecule has 9 heteroatoms. The van der Waals surface area contributed by atoms with Gasteiger partial charge in [-0.2, -0.15) is 0 Å². The van der Waals surface area contributed by atoms with Gasteiger partial charge < -0.3 is 5.11 Å². The quantitative estimate of drug-likeness (QED) is 0.593. The lowest BCUT2D eigenvalue weighted by Gasteiger charge is -2.11. The number of nitro benzene ring substituents is 1. The fourth-order valence-corrected chi connectivity index (χ4v) is 2.78. The molecule has 0 amide bonds. The van der Waals surface area contributed by atoms with Crippen molar-refractivity contribution in [3.8, 4) is 0 Å². The van der Waals surface area contributed by atoms with E-state index in [0.29, 0.717) is 5.56 Å². The summed E-state index contributed by atoms with van der Waals surface area (Å²) in [6, 6.07) is 3.48. The van der Waals surface area contributed by atoms with Gasteiger partial charge >= 0.3 is 5.97 Å². The number of non-ortho nitro benzene ring substituents is 1. The van der Waals surface area contributed by atoms with E-state index < -0.39 is 26.8 Å². The molecule has 1 aromatic rings. The Hall–Kier alpha value is -2.00. The van der Waals surface area contributed by atoms with E-state index in [9.17, 15) is 23.3 Å². The summed E-state index contributed by atoms with van der Waals surface area (Å²) in [6.45, 7) is 2.56. The van der Waals surface area contributed by atoms with Crippen LogP contribution in [0, 0.1) is 23.0 Å². The Kier molecular flexibility index (Phi) is 4.79. The normalized spacial score (nSPS) is 12.9. The van der Waals surface area contributed by atoms with Crippen LogP contribution in [-0.2, 0) is 14.8 Å². The lowest BCUT2D eigenvalue weighted by molar-refractivity contribution is -0.385. The summed E-state index contributed by atoms with van der Waals surface area (Å²) < 4.78 is 26.2. The predicted octanol–water partition coefficient (Wildman–Crippen LogP) is 0.902. The maximum Gasteiger partial charge on any atom is 0.307 e. The highest BCUT2D eigenvalue weighted by molar-refractivity contribution is 7.89. The van der Waals surface area contributed by atoms with Crippen molar-refractivity contribution in [1.82, 2.24) is 4.72 Å². The van der Waals surface area contributed by atoms with Crippen LogP contribution in [0.4, 0.5) is 5.69 Å². The van der Waals surface area contributed by atoms with Crippen molar-refractivity contribution < 1.29 is 23.2 Å². The van der Waals surface area contributed by atoms with Crippen LogP contribution in [0.3, 0.4) is 0 Å². The zero-order valence-corrected chi connectivity index (χ0v) is 11.7. The van der Waals surface area contributed by atoms with Crippen molar-refractivity contribution in [2.45, 2.75) is 18.7 Å². The number of aryl methyl sites for hydroxylation is 1. The van der Waals surface area contributed by atoms with Gasteiger partial charge in [0.1, 0.15) is 0 Å². The van der Waals surface area contributed by atoms with E-state index in [1.165, 1.54) is 26.0 Å². The minimum absolute atomic E-state index is 0.232. The number of sulfonamides is 1. The van der Waals surface area contributed by atoms with Crippen LogP contribution in [-0.4, -0.2) is 31.0 Å². The molecule has 0 saturated heterocycles. The number of carbonyl (C=O) groups is 1. The van der Waals surface area contributed by atoms with Gasteiger partial charge in [0, 0.05) is 18.7 Å². The van der Waals surface area contributed by atoms with Crippen molar-refractivity contribution in [3.05, 3.63) is 33.9 Å². The van der Waals surface area contributed by atoms with Crippen LogP contribution in [0.1, 0.15) is 12.5 Å². The fraction of sp³-hybridized carbons (Fsp3) is 0.364. The number of carboxylic acids is 1. The number of carboxylic acid groups (broad SMARTS) is 1. The summed E-state index contributed by atoms with van der Waals surface area (Å²) in [5, 5.41) is 19.4. The van der Waals surface area contributed by atoms with Crippen LogP contribution in [0.5, 0.6) is 0 Å². The molecule has 0 aliphatic heterocycles. The highest BCUT2D eigenvalue weighted by atomic mass is 32.2. The monoisotopic (exact) mass is 302 g/mol. The molecule has 2 N–H and O–H groups in total. The van der Waals surface area contributed by atoms with Gasteiger partial charge in [-0.15, -0.1) is 0 Å². The summed E-state index contributed by atoms with van der Waals surface area (Å²) >= 11 is 0. The Labute approximate surface area is 115 Å². The number of hydrogen-bond acceptors (Lipinski definition) is 5. The molecule has 8 nitrogen and oxygen atoms in total. The molecule has 0 aliphatic carbocycles. The number of rotatable bonds is 6. The lowest BCUT2D eigenvalue weighted by Crippen LogP contribution is -2.31. The van der Waals surface area contributed by atoms with Crippen LogP contribution >= 0.6 is 0 Å². The third-order valence-corrected chi connectivity index (χ3v) is 4.24. The standard InChI is InChI=1S/C11H14N2O6S/c1-7-3-4-9(13(16)17)5-10(7)20(18,19)12-6-8(2)11(14)15/h3-5,8,12H,6H2,1-2H3,(H,14,15). The minimum Gasteiger partial charge on any atom is -0.481 e. The van der Waals surface area contributed by atoms with Crippen LogP contribution in [0.2, 0.25) is 0 Å². The van der Waals surface area contributed by atoms with Gasteiger partial charge in [-0.25, -0.2) is 13.1 Å². The summed E-state index contributed by atoms with van der Waals surface area (Å²) in [6.07, 6.45) is 0. The maximum atomic E-state index is 12.0. The summed E-state index contributed by atoms with van der Waals surface area (Å²) in [7, 11) is -3.99. The summed E-state index contributed by atoms with van der Waals surface area (Å²) in [5.41, 5.74) is -0.00617. The molecule has 0 radical (unpaired) electrons. The first-order chi connectivity index (χ1) is 9.15. The van der Waals surface area contributed by atoms with Crippen molar-refractivity contribution in [1.29, 1.82) is 0 Å². The Morgan fingerprint density at radius 1 is 1.50 bits per heavy atom. The highest BCUT2D eigenvalue weighted by Gasteiger charge is 2.22. The molecule has 0 aromatic heterocycles. The van der Waals surface area contributed by atoms with Crippen molar-refractivity contribution in [3.63, 3.8) is 0 Å². The van der Waals surface area contributed by atoms with Crippen molar-refractivity contribution in [2.24, 2.45) is 5.92 Å². The number of nitro groups is 1. The van der Waals surface area contributed by atoms with Crippen LogP contribution < -0.4 is 4.72 Å². The first-order valence-electron chi connectivity index (χ1n) is 5.62. The number of nitrogens with one attached hydrogen (secondary N) is 1. The number of benzene rings is 1.